The van der Waals surface area contributed by atoms with Gasteiger partial charge in [0.1, 0.15) is 5.92 Å². The van der Waals surface area contributed by atoms with Crippen LogP contribution < -0.4 is 5.32 Å². The van der Waals surface area contributed by atoms with Crippen LogP contribution in [0, 0.1) is 23.2 Å². The highest BCUT2D eigenvalue weighted by Gasteiger charge is 2.34. The first-order valence-corrected chi connectivity index (χ1v) is 7.42. The van der Waals surface area contributed by atoms with Gasteiger partial charge in [0.25, 0.3) is 0 Å². The first-order valence-electron chi connectivity index (χ1n) is 7.42. The largest absolute Gasteiger partial charge is 0.352 e. The molecule has 0 aliphatic heterocycles. The van der Waals surface area contributed by atoms with Gasteiger partial charge in [0.05, 0.1) is 6.07 Å². The number of carbonyl (C=O) groups is 1. The van der Waals surface area contributed by atoms with Crippen molar-refractivity contribution in [1.29, 1.82) is 5.26 Å². The van der Waals surface area contributed by atoms with E-state index in [-0.39, 0.29) is 11.9 Å². The molecule has 1 aliphatic rings. The number of benzene rings is 1. The van der Waals surface area contributed by atoms with Crippen LogP contribution in [0.4, 0.5) is 0 Å². The molecule has 1 aromatic carbocycles. The standard InChI is InChI=1S/C17H22N2O/c1-3-13-9-10-16(12(13)2)19-17(20)15(11-18)14-7-5-4-6-8-14/h4-8,12-13,15-16H,3,9-10H2,1-2H3,(H,19,20). The van der Waals surface area contributed by atoms with E-state index in [9.17, 15) is 10.1 Å². The second kappa shape index (κ2) is 6.56. The Morgan fingerprint density at radius 2 is 2.10 bits per heavy atom. The molecular formula is C17H22N2O. The van der Waals surface area contributed by atoms with Crippen LogP contribution >= 0.6 is 0 Å². The van der Waals surface area contributed by atoms with E-state index < -0.39 is 5.92 Å². The van der Waals surface area contributed by atoms with Crippen LogP contribution in [-0.2, 0) is 4.79 Å². The molecule has 1 N–H and O–H groups in total. The molecule has 20 heavy (non-hydrogen) atoms. The summed E-state index contributed by atoms with van der Waals surface area (Å²) in [6.07, 6.45) is 3.36. The van der Waals surface area contributed by atoms with Crippen molar-refractivity contribution in [2.75, 3.05) is 0 Å². The van der Waals surface area contributed by atoms with Gasteiger partial charge < -0.3 is 5.32 Å². The third kappa shape index (κ3) is 3.01. The highest BCUT2D eigenvalue weighted by molar-refractivity contribution is 5.86. The van der Waals surface area contributed by atoms with Gasteiger partial charge in [-0.2, -0.15) is 5.26 Å². The van der Waals surface area contributed by atoms with Crippen molar-refractivity contribution in [3.05, 3.63) is 35.9 Å². The van der Waals surface area contributed by atoms with Crippen molar-refractivity contribution in [1.82, 2.24) is 5.32 Å². The first-order chi connectivity index (χ1) is 9.67. The normalized spacial score (nSPS) is 26.8. The minimum atomic E-state index is -0.705. The molecule has 1 amide bonds. The zero-order valence-corrected chi connectivity index (χ0v) is 12.2. The van der Waals surface area contributed by atoms with Crippen LogP contribution in [0.25, 0.3) is 0 Å². The molecule has 0 heterocycles. The molecule has 4 unspecified atom stereocenters. The highest BCUT2D eigenvalue weighted by atomic mass is 16.1. The van der Waals surface area contributed by atoms with Crippen molar-refractivity contribution in [3.8, 4) is 6.07 Å². The summed E-state index contributed by atoms with van der Waals surface area (Å²) in [4.78, 5) is 12.3. The fourth-order valence-corrected chi connectivity index (χ4v) is 3.22. The van der Waals surface area contributed by atoms with Gasteiger partial charge in [-0.05, 0) is 30.2 Å². The second-order valence-electron chi connectivity index (χ2n) is 5.69. The average Bonchev–Trinajstić information content (AvgIpc) is 2.81. The van der Waals surface area contributed by atoms with Gasteiger partial charge in [0, 0.05) is 6.04 Å². The van der Waals surface area contributed by atoms with E-state index in [4.69, 9.17) is 0 Å². The van der Waals surface area contributed by atoms with Gasteiger partial charge in [-0.3, -0.25) is 4.79 Å². The predicted octanol–water partition coefficient (Wildman–Crippen LogP) is 3.23. The Bertz CT molecular complexity index is 491. The van der Waals surface area contributed by atoms with Crippen LogP contribution in [-0.4, -0.2) is 11.9 Å². The summed E-state index contributed by atoms with van der Waals surface area (Å²) < 4.78 is 0. The molecule has 1 fully saturated rings. The molecule has 1 aromatic rings. The van der Waals surface area contributed by atoms with Crippen molar-refractivity contribution >= 4 is 5.91 Å². The third-order valence-electron chi connectivity index (χ3n) is 4.60. The molecule has 3 heteroatoms. The summed E-state index contributed by atoms with van der Waals surface area (Å²) in [5, 5.41) is 12.4. The van der Waals surface area contributed by atoms with E-state index >= 15 is 0 Å². The van der Waals surface area contributed by atoms with Crippen molar-refractivity contribution in [2.45, 2.75) is 45.1 Å². The number of carbonyl (C=O) groups excluding carboxylic acids is 1. The smallest absolute Gasteiger partial charge is 0.242 e. The lowest BCUT2D eigenvalue weighted by atomic mass is 9.93. The van der Waals surface area contributed by atoms with Crippen LogP contribution in [0.15, 0.2) is 30.3 Å². The fourth-order valence-electron chi connectivity index (χ4n) is 3.22. The molecular weight excluding hydrogens is 248 g/mol. The van der Waals surface area contributed by atoms with E-state index in [1.807, 2.05) is 30.3 Å². The Morgan fingerprint density at radius 3 is 2.65 bits per heavy atom. The Balaban J connectivity index is 2.03. The summed E-state index contributed by atoms with van der Waals surface area (Å²) in [6, 6.07) is 11.6. The van der Waals surface area contributed by atoms with Gasteiger partial charge in [-0.1, -0.05) is 50.6 Å². The Morgan fingerprint density at radius 1 is 1.40 bits per heavy atom. The van der Waals surface area contributed by atoms with E-state index in [1.54, 1.807) is 0 Å². The molecule has 0 aromatic heterocycles. The number of nitrogens with one attached hydrogen (secondary N) is 1. The highest BCUT2D eigenvalue weighted by Crippen LogP contribution is 2.34. The summed E-state index contributed by atoms with van der Waals surface area (Å²) >= 11 is 0. The van der Waals surface area contributed by atoms with Crippen LogP contribution in [0.2, 0.25) is 0 Å². The van der Waals surface area contributed by atoms with E-state index in [1.165, 1.54) is 6.42 Å². The molecule has 106 valence electrons. The third-order valence-corrected chi connectivity index (χ3v) is 4.60. The Hall–Kier alpha value is -1.82. The van der Waals surface area contributed by atoms with Gasteiger partial charge in [0.15, 0.2) is 0 Å². The second-order valence-corrected chi connectivity index (χ2v) is 5.69. The monoisotopic (exact) mass is 270 g/mol. The molecule has 1 aliphatic carbocycles. The van der Waals surface area contributed by atoms with E-state index in [2.05, 4.69) is 25.2 Å². The van der Waals surface area contributed by atoms with Gasteiger partial charge in [0.2, 0.25) is 5.91 Å². The summed E-state index contributed by atoms with van der Waals surface area (Å²) in [7, 11) is 0. The number of rotatable bonds is 4. The topological polar surface area (TPSA) is 52.9 Å². The van der Waals surface area contributed by atoms with Gasteiger partial charge in [-0.25, -0.2) is 0 Å². The molecule has 0 saturated heterocycles. The van der Waals surface area contributed by atoms with Crippen LogP contribution in [0.3, 0.4) is 0 Å². The average molecular weight is 270 g/mol. The summed E-state index contributed by atoms with van der Waals surface area (Å²) in [5.41, 5.74) is 0.769. The molecule has 2 rings (SSSR count). The molecule has 3 nitrogen and oxygen atoms in total. The fraction of sp³-hybridized carbons (Fsp3) is 0.529. The quantitative estimate of drug-likeness (QED) is 0.913. The maximum absolute atomic E-state index is 12.3. The predicted molar refractivity (Wildman–Crippen MR) is 78.9 cm³/mol. The van der Waals surface area contributed by atoms with Crippen molar-refractivity contribution in [2.24, 2.45) is 11.8 Å². The van der Waals surface area contributed by atoms with Crippen molar-refractivity contribution < 1.29 is 4.79 Å². The summed E-state index contributed by atoms with van der Waals surface area (Å²) in [6.45, 7) is 4.41. The summed E-state index contributed by atoms with van der Waals surface area (Å²) in [5.74, 6) is 0.327. The lowest BCUT2D eigenvalue weighted by molar-refractivity contribution is -0.122. The van der Waals surface area contributed by atoms with Crippen molar-refractivity contribution in [3.63, 3.8) is 0 Å². The maximum Gasteiger partial charge on any atom is 0.242 e. The van der Waals surface area contributed by atoms with Crippen LogP contribution in [0.5, 0.6) is 0 Å². The Kier molecular flexibility index (Phi) is 4.79. The first kappa shape index (κ1) is 14.6. The SMILES string of the molecule is CCC1CCC(NC(=O)C(C#N)c2ccccc2)C1C. The number of nitrogens with zero attached hydrogens (tertiary/aromatic N) is 1. The molecule has 0 spiro atoms. The van der Waals surface area contributed by atoms with Gasteiger partial charge >= 0.3 is 0 Å². The van der Waals surface area contributed by atoms with E-state index in [0.29, 0.717) is 11.8 Å². The lowest BCUT2D eigenvalue weighted by Crippen LogP contribution is -2.40. The zero-order valence-electron chi connectivity index (χ0n) is 12.2. The number of amides is 1. The lowest BCUT2D eigenvalue weighted by Gasteiger charge is -2.22. The number of hydrogen-bond acceptors (Lipinski definition) is 2. The number of nitriles is 1. The molecule has 4 atom stereocenters. The maximum atomic E-state index is 12.3. The molecule has 1 saturated carbocycles. The molecule has 0 bridgehead atoms. The van der Waals surface area contributed by atoms with Crippen LogP contribution in [0.1, 0.15) is 44.6 Å². The Labute approximate surface area is 121 Å². The van der Waals surface area contributed by atoms with Gasteiger partial charge in [-0.15, -0.1) is 0 Å². The van der Waals surface area contributed by atoms with E-state index in [0.717, 1.165) is 18.4 Å². The number of hydrogen-bond donors (Lipinski definition) is 1. The minimum absolute atomic E-state index is 0.160. The zero-order chi connectivity index (χ0) is 14.5. The molecule has 0 radical (unpaired) electrons. The minimum Gasteiger partial charge on any atom is -0.352 e.